The topological polar surface area (TPSA) is 129 Å². The van der Waals surface area contributed by atoms with E-state index in [2.05, 4.69) is 47.7 Å². The number of nitrogens with zero attached hydrogens (tertiary/aromatic N) is 4. The zero-order valence-electron chi connectivity index (χ0n) is 21.2. The van der Waals surface area contributed by atoms with E-state index in [1.165, 1.54) is 0 Å². The molecule has 2 heterocycles. The third-order valence-corrected chi connectivity index (χ3v) is 14.0. The lowest BCUT2D eigenvalue weighted by atomic mass is 9.89. The first-order valence-corrected chi connectivity index (χ1v) is 18.4. The third kappa shape index (κ3) is 5.34. The molecular formula is C24H37N5O4Si2. The normalized spacial score (nSPS) is 25.4. The number of imidazole rings is 1. The Kier molecular flexibility index (Phi) is 7.19. The molecule has 4 atom stereocenters. The van der Waals surface area contributed by atoms with Gasteiger partial charge in [-0.3, -0.25) is 0 Å². The van der Waals surface area contributed by atoms with Gasteiger partial charge in [-0.2, -0.15) is 4.98 Å². The molecule has 2 aromatic heterocycles. The second kappa shape index (κ2) is 9.71. The van der Waals surface area contributed by atoms with Gasteiger partial charge >= 0.3 is 0 Å². The van der Waals surface area contributed by atoms with Crippen LogP contribution in [0.3, 0.4) is 0 Å². The van der Waals surface area contributed by atoms with Gasteiger partial charge in [0, 0.05) is 5.92 Å². The molecule has 4 N–H and O–H groups in total. The standard InChI is InChI=1S/C24H37N5O4Si2/c1-34(2,3)33-35(4,5)20-11-21(29-16-27-19-12-26-23(25)28-22(19)29)24(31,15-30)18(20)14-32-13-17-9-7-6-8-10-17/h6-10,12,16,18,20-21,30-31H,11,13-15H2,1-5H3,(H2,25,26,28)/t18-,20+,21+,24+/m1/s1. The van der Waals surface area contributed by atoms with Crippen LogP contribution >= 0.6 is 0 Å². The first-order valence-electron chi connectivity index (χ1n) is 12.0. The number of benzene rings is 1. The van der Waals surface area contributed by atoms with Crippen molar-refractivity contribution in [2.24, 2.45) is 5.92 Å². The van der Waals surface area contributed by atoms with E-state index >= 15 is 0 Å². The number of fused-ring (bicyclic) bond motifs is 1. The van der Waals surface area contributed by atoms with E-state index in [9.17, 15) is 10.2 Å². The molecule has 190 valence electrons. The van der Waals surface area contributed by atoms with E-state index in [0.717, 1.165) is 5.56 Å². The number of hydrogen-bond acceptors (Lipinski definition) is 8. The molecule has 0 spiro atoms. The summed E-state index contributed by atoms with van der Waals surface area (Å²) < 4.78 is 14.8. The summed E-state index contributed by atoms with van der Waals surface area (Å²) in [4.78, 5) is 12.8. The van der Waals surface area contributed by atoms with Gasteiger partial charge in [-0.1, -0.05) is 30.3 Å². The van der Waals surface area contributed by atoms with E-state index in [1.54, 1.807) is 12.5 Å². The van der Waals surface area contributed by atoms with Gasteiger partial charge in [0.15, 0.2) is 22.3 Å². The number of aromatic nitrogens is 4. The molecule has 1 saturated carbocycles. The average Bonchev–Trinajstić information content (AvgIpc) is 3.32. The number of aliphatic hydroxyl groups is 2. The lowest BCUT2D eigenvalue weighted by molar-refractivity contribution is -0.0939. The lowest BCUT2D eigenvalue weighted by Gasteiger charge is -2.41. The Bertz CT molecular complexity index is 1150. The number of aliphatic hydroxyl groups excluding tert-OH is 1. The predicted molar refractivity (Wildman–Crippen MR) is 141 cm³/mol. The van der Waals surface area contributed by atoms with Gasteiger partial charge in [0.2, 0.25) is 5.95 Å². The van der Waals surface area contributed by atoms with Crippen molar-refractivity contribution in [3.05, 3.63) is 48.4 Å². The largest absolute Gasteiger partial charge is 0.455 e. The molecule has 0 amide bonds. The van der Waals surface area contributed by atoms with Gasteiger partial charge in [-0.25, -0.2) is 9.97 Å². The van der Waals surface area contributed by atoms with Gasteiger partial charge in [-0.05, 0) is 50.3 Å². The highest BCUT2D eigenvalue weighted by molar-refractivity contribution is 6.85. The zero-order valence-corrected chi connectivity index (χ0v) is 23.2. The van der Waals surface area contributed by atoms with Crippen LogP contribution in [0.25, 0.3) is 11.2 Å². The molecule has 1 aromatic carbocycles. The minimum absolute atomic E-state index is 0.0452. The highest BCUT2D eigenvalue weighted by Crippen LogP contribution is 2.55. The molecule has 1 aliphatic carbocycles. The summed E-state index contributed by atoms with van der Waals surface area (Å²) in [5.41, 5.74) is 6.67. The number of anilines is 1. The molecule has 0 bridgehead atoms. The molecule has 1 aliphatic rings. The van der Waals surface area contributed by atoms with Crippen LogP contribution in [0.15, 0.2) is 42.9 Å². The van der Waals surface area contributed by atoms with Crippen LogP contribution < -0.4 is 5.73 Å². The summed E-state index contributed by atoms with van der Waals surface area (Å²) in [5, 5.41) is 22.7. The van der Waals surface area contributed by atoms with E-state index in [-0.39, 0.29) is 17.4 Å². The monoisotopic (exact) mass is 515 g/mol. The summed E-state index contributed by atoms with van der Waals surface area (Å²) in [6.45, 7) is 11.3. The first kappa shape index (κ1) is 25.9. The van der Waals surface area contributed by atoms with Crippen LogP contribution in [0.1, 0.15) is 18.0 Å². The Morgan fingerprint density at radius 2 is 1.86 bits per heavy atom. The highest BCUT2D eigenvalue weighted by atomic mass is 28.4. The molecular weight excluding hydrogens is 478 g/mol. The number of rotatable bonds is 9. The summed E-state index contributed by atoms with van der Waals surface area (Å²) >= 11 is 0. The number of hydrogen-bond donors (Lipinski definition) is 3. The second-order valence-electron chi connectivity index (χ2n) is 11.0. The maximum atomic E-state index is 12.1. The van der Waals surface area contributed by atoms with Gasteiger partial charge in [0.25, 0.3) is 0 Å². The van der Waals surface area contributed by atoms with Crippen molar-refractivity contribution < 1.29 is 19.1 Å². The van der Waals surface area contributed by atoms with Crippen LogP contribution in [0.2, 0.25) is 38.3 Å². The maximum absolute atomic E-state index is 12.1. The summed E-state index contributed by atoms with van der Waals surface area (Å²) in [5.74, 6) is -0.184. The Morgan fingerprint density at radius 1 is 1.14 bits per heavy atom. The number of nitrogen functional groups attached to an aromatic ring is 1. The van der Waals surface area contributed by atoms with Crippen molar-refractivity contribution in [1.82, 2.24) is 19.5 Å². The second-order valence-corrected chi connectivity index (χ2v) is 20.0. The van der Waals surface area contributed by atoms with Crippen molar-refractivity contribution >= 4 is 33.7 Å². The molecule has 11 heteroatoms. The maximum Gasteiger partial charge on any atom is 0.222 e. The van der Waals surface area contributed by atoms with Gasteiger partial charge in [0.05, 0.1) is 38.4 Å². The SMILES string of the molecule is C[Si](C)(C)O[Si](C)(C)[C@H]1C[C@H](n2cnc3cnc(N)nc32)[C@](O)(CO)[C@@H]1COCc1ccccc1. The quantitative estimate of drug-likeness (QED) is 0.370. The van der Waals surface area contributed by atoms with E-state index < -0.39 is 34.9 Å². The van der Waals surface area contributed by atoms with E-state index in [1.807, 2.05) is 34.9 Å². The first-order chi connectivity index (χ1) is 16.4. The van der Waals surface area contributed by atoms with E-state index in [0.29, 0.717) is 30.8 Å². The molecule has 0 aliphatic heterocycles. The van der Waals surface area contributed by atoms with Gasteiger partial charge < -0.3 is 29.4 Å². The van der Waals surface area contributed by atoms with Crippen molar-refractivity contribution in [2.75, 3.05) is 18.9 Å². The zero-order chi connectivity index (χ0) is 25.4. The summed E-state index contributed by atoms with van der Waals surface area (Å²) in [7, 11) is -4.17. The summed E-state index contributed by atoms with van der Waals surface area (Å²) in [6.07, 6.45) is 3.85. The molecule has 3 aromatic rings. The molecule has 1 fully saturated rings. The van der Waals surface area contributed by atoms with E-state index in [4.69, 9.17) is 14.6 Å². The third-order valence-electron chi connectivity index (χ3n) is 6.98. The van der Waals surface area contributed by atoms with Gasteiger partial charge in [-0.15, -0.1) is 0 Å². The van der Waals surface area contributed by atoms with Crippen molar-refractivity contribution in [3.8, 4) is 0 Å². The fourth-order valence-corrected chi connectivity index (χ4v) is 14.7. The fourth-order valence-electron chi connectivity index (χ4n) is 5.62. The Hall–Kier alpha value is -2.16. The van der Waals surface area contributed by atoms with Gasteiger partial charge in [0.1, 0.15) is 11.1 Å². The van der Waals surface area contributed by atoms with Crippen LogP contribution in [0.5, 0.6) is 0 Å². The van der Waals surface area contributed by atoms with Crippen LogP contribution in [0.4, 0.5) is 5.95 Å². The van der Waals surface area contributed by atoms with Crippen molar-refractivity contribution in [3.63, 3.8) is 0 Å². The fraction of sp³-hybridized carbons (Fsp3) is 0.542. The molecule has 9 nitrogen and oxygen atoms in total. The minimum Gasteiger partial charge on any atom is -0.455 e. The highest BCUT2D eigenvalue weighted by Gasteiger charge is 2.60. The van der Waals surface area contributed by atoms with Crippen LogP contribution in [-0.4, -0.2) is 65.2 Å². The lowest BCUT2D eigenvalue weighted by Crippen LogP contribution is -2.51. The molecule has 0 saturated heterocycles. The number of nitrogens with two attached hydrogens (primary N) is 1. The Morgan fingerprint density at radius 3 is 2.51 bits per heavy atom. The Labute approximate surface area is 208 Å². The van der Waals surface area contributed by atoms with Crippen molar-refractivity contribution in [2.45, 2.75) is 62.9 Å². The van der Waals surface area contributed by atoms with Crippen LogP contribution in [-0.2, 0) is 15.5 Å². The van der Waals surface area contributed by atoms with Crippen LogP contribution in [0, 0.1) is 5.92 Å². The Balaban J connectivity index is 1.70. The average molecular weight is 516 g/mol. The summed E-state index contributed by atoms with van der Waals surface area (Å²) in [6, 6.07) is 9.50. The molecule has 0 radical (unpaired) electrons. The van der Waals surface area contributed by atoms with Crippen molar-refractivity contribution in [1.29, 1.82) is 0 Å². The molecule has 0 unspecified atom stereocenters. The smallest absolute Gasteiger partial charge is 0.222 e. The minimum atomic E-state index is -2.32. The number of ether oxygens (including phenoxy) is 1. The predicted octanol–water partition coefficient (Wildman–Crippen LogP) is 3.34. The molecule has 4 rings (SSSR count). The molecule has 35 heavy (non-hydrogen) atoms.